The molecule has 0 saturated heterocycles. The molecule has 0 bridgehead atoms. The van der Waals surface area contributed by atoms with Crippen LogP contribution in [-0.2, 0) is 30.4 Å². The highest BCUT2D eigenvalue weighted by Gasteiger charge is 2.28. The zero-order chi connectivity index (χ0) is 26.7. The molecule has 3 amide bonds. The minimum Gasteiger partial charge on any atom is -0.481 e. The van der Waals surface area contributed by atoms with Gasteiger partial charge >= 0.3 is 11.9 Å². The Labute approximate surface area is 207 Å². The molecule has 0 spiro atoms. The van der Waals surface area contributed by atoms with Gasteiger partial charge in [-0.3, -0.25) is 19.2 Å². The van der Waals surface area contributed by atoms with Crippen molar-refractivity contribution in [3.05, 3.63) is 36.0 Å². The van der Waals surface area contributed by atoms with Gasteiger partial charge in [0.1, 0.15) is 12.1 Å². The lowest BCUT2D eigenvalue weighted by Gasteiger charge is -2.20. The van der Waals surface area contributed by atoms with Crippen molar-refractivity contribution in [1.82, 2.24) is 20.9 Å². The number of nitrogens with two attached hydrogens (primary N) is 2. The van der Waals surface area contributed by atoms with Crippen LogP contribution >= 0.6 is 0 Å². The van der Waals surface area contributed by atoms with Gasteiger partial charge in [0.25, 0.3) is 0 Å². The van der Waals surface area contributed by atoms with E-state index in [0.29, 0.717) is 19.4 Å². The van der Waals surface area contributed by atoms with Gasteiger partial charge in [0.05, 0.1) is 19.0 Å². The zero-order valence-corrected chi connectivity index (χ0v) is 19.7. The Kier molecular flexibility index (Phi) is 10.8. The molecule has 3 unspecified atom stereocenters. The zero-order valence-electron chi connectivity index (χ0n) is 19.7. The lowest BCUT2D eigenvalue weighted by Crippen LogP contribution is -2.54. The second kappa shape index (κ2) is 13.8. The van der Waals surface area contributed by atoms with E-state index in [1.54, 1.807) is 6.20 Å². The normalized spacial score (nSPS) is 13.4. The van der Waals surface area contributed by atoms with E-state index in [-0.39, 0.29) is 12.8 Å². The molecule has 0 saturated carbocycles. The van der Waals surface area contributed by atoms with Crippen LogP contribution in [-0.4, -0.2) is 76.1 Å². The molecule has 13 nitrogen and oxygen atoms in total. The van der Waals surface area contributed by atoms with Gasteiger partial charge in [-0.2, -0.15) is 0 Å². The van der Waals surface area contributed by atoms with Crippen molar-refractivity contribution < 1.29 is 34.2 Å². The SMILES string of the molecule is NCCCCC(NC(=O)C(CC(=O)O)NC(=O)CNC(=O)C(N)Cc1c[nH]c2ccccc12)C(=O)O. The number of unbranched alkanes of at least 4 members (excludes halogenated alkanes) is 1. The number of H-pyrrole nitrogens is 1. The Morgan fingerprint density at radius 2 is 1.69 bits per heavy atom. The summed E-state index contributed by atoms with van der Waals surface area (Å²) in [6.45, 7) is -0.197. The van der Waals surface area contributed by atoms with Crippen molar-refractivity contribution in [2.45, 2.75) is 50.2 Å². The maximum absolute atomic E-state index is 12.5. The van der Waals surface area contributed by atoms with E-state index in [1.165, 1.54) is 0 Å². The number of hydrogen-bond donors (Lipinski definition) is 8. The van der Waals surface area contributed by atoms with Gasteiger partial charge < -0.3 is 42.6 Å². The van der Waals surface area contributed by atoms with E-state index in [1.807, 2.05) is 24.3 Å². The van der Waals surface area contributed by atoms with Crippen LogP contribution in [0.25, 0.3) is 10.9 Å². The van der Waals surface area contributed by atoms with Gasteiger partial charge in [-0.15, -0.1) is 0 Å². The summed E-state index contributed by atoms with van der Waals surface area (Å²) in [5.74, 6) is -5.08. The number of amides is 3. The monoisotopic (exact) mass is 504 g/mol. The summed E-state index contributed by atoms with van der Waals surface area (Å²) < 4.78 is 0. The number of nitrogens with one attached hydrogen (secondary N) is 4. The van der Waals surface area contributed by atoms with Crippen LogP contribution in [0.5, 0.6) is 0 Å². The van der Waals surface area contributed by atoms with Gasteiger partial charge in [-0.05, 0) is 43.9 Å². The van der Waals surface area contributed by atoms with Crippen LogP contribution in [0.3, 0.4) is 0 Å². The minimum absolute atomic E-state index is 0.0936. The average Bonchev–Trinajstić information content (AvgIpc) is 3.23. The number of carboxylic acid groups (broad SMARTS) is 2. The summed E-state index contributed by atoms with van der Waals surface area (Å²) in [5.41, 5.74) is 13.1. The number of aromatic amines is 1. The Hall–Kier alpha value is -3.97. The smallest absolute Gasteiger partial charge is 0.326 e. The molecule has 3 atom stereocenters. The molecule has 0 fully saturated rings. The fourth-order valence-electron chi connectivity index (χ4n) is 3.58. The van der Waals surface area contributed by atoms with Crippen LogP contribution in [0, 0.1) is 0 Å². The summed E-state index contributed by atoms with van der Waals surface area (Å²) in [6, 6.07) is 3.74. The van der Waals surface area contributed by atoms with Crippen LogP contribution in [0.2, 0.25) is 0 Å². The van der Waals surface area contributed by atoms with Crippen molar-refractivity contribution >= 4 is 40.6 Å². The van der Waals surface area contributed by atoms with Gasteiger partial charge in [0.15, 0.2) is 0 Å². The number of fused-ring (bicyclic) bond motifs is 1. The molecule has 0 radical (unpaired) electrons. The Bertz CT molecular complexity index is 1090. The standard InChI is InChI=1S/C23H32N6O7/c24-8-4-3-7-17(23(35)36)29-22(34)18(10-20(31)32)28-19(30)12-27-21(33)15(25)9-13-11-26-16-6-2-1-5-14(13)16/h1-2,5-6,11,15,17-18,26H,3-4,7-10,12,24-25H2,(H,27,33)(H,28,30)(H,29,34)(H,31,32)(H,35,36). The van der Waals surface area contributed by atoms with Crippen LogP contribution in [0.1, 0.15) is 31.2 Å². The number of hydrogen-bond acceptors (Lipinski definition) is 7. The average molecular weight is 505 g/mol. The van der Waals surface area contributed by atoms with Gasteiger partial charge in [-0.1, -0.05) is 18.2 Å². The lowest BCUT2D eigenvalue weighted by molar-refractivity contribution is -0.143. The quantitative estimate of drug-likeness (QED) is 0.136. The maximum atomic E-state index is 12.5. The molecule has 2 aromatic rings. The highest BCUT2D eigenvalue weighted by Crippen LogP contribution is 2.18. The Balaban J connectivity index is 1.90. The number of benzene rings is 1. The van der Waals surface area contributed by atoms with E-state index in [9.17, 15) is 29.1 Å². The minimum atomic E-state index is -1.54. The molecule has 36 heavy (non-hydrogen) atoms. The Morgan fingerprint density at radius 1 is 0.972 bits per heavy atom. The highest BCUT2D eigenvalue weighted by atomic mass is 16.4. The number of aliphatic carboxylic acids is 2. The second-order valence-corrected chi connectivity index (χ2v) is 8.29. The summed E-state index contributed by atoms with van der Waals surface area (Å²) in [6.07, 6.45) is 2.27. The molecule has 0 aliphatic rings. The van der Waals surface area contributed by atoms with Gasteiger partial charge in [-0.25, -0.2) is 4.79 Å². The van der Waals surface area contributed by atoms with E-state index < -0.39 is 60.8 Å². The van der Waals surface area contributed by atoms with E-state index in [0.717, 1.165) is 16.5 Å². The van der Waals surface area contributed by atoms with Crippen LogP contribution in [0.15, 0.2) is 30.5 Å². The molecule has 0 aliphatic heterocycles. The lowest BCUT2D eigenvalue weighted by atomic mass is 10.1. The predicted molar refractivity (Wildman–Crippen MR) is 130 cm³/mol. The van der Waals surface area contributed by atoms with Crippen molar-refractivity contribution in [1.29, 1.82) is 0 Å². The topological polar surface area (TPSA) is 230 Å². The molecule has 1 aromatic heterocycles. The first kappa shape index (κ1) is 28.3. The molecule has 13 heteroatoms. The predicted octanol–water partition coefficient (Wildman–Crippen LogP) is -1.19. The second-order valence-electron chi connectivity index (χ2n) is 8.29. The van der Waals surface area contributed by atoms with Gasteiger partial charge in [0, 0.05) is 17.1 Å². The van der Waals surface area contributed by atoms with Crippen LogP contribution in [0.4, 0.5) is 0 Å². The first-order valence-corrected chi connectivity index (χ1v) is 11.4. The Morgan fingerprint density at radius 3 is 2.36 bits per heavy atom. The van der Waals surface area contributed by atoms with Gasteiger partial charge in [0.2, 0.25) is 17.7 Å². The van der Waals surface area contributed by atoms with Crippen molar-refractivity contribution in [2.75, 3.05) is 13.1 Å². The third-order valence-corrected chi connectivity index (χ3v) is 5.47. The molecule has 196 valence electrons. The highest BCUT2D eigenvalue weighted by molar-refractivity contribution is 5.94. The third-order valence-electron chi connectivity index (χ3n) is 5.47. The first-order valence-electron chi connectivity index (χ1n) is 11.4. The summed E-state index contributed by atoms with van der Waals surface area (Å²) in [4.78, 5) is 62.9. The number of carbonyl (C=O) groups excluding carboxylic acids is 3. The van der Waals surface area contributed by atoms with Crippen LogP contribution < -0.4 is 27.4 Å². The van der Waals surface area contributed by atoms with Crippen molar-refractivity contribution in [3.8, 4) is 0 Å². The first-order chi connectivity index (χ1) is 17.1. The molecule has 0 aliphatic carbocycles. The summed E-state index contributed by atoms with van der Waals surface area (Å²) in [5, 5.41) is 26.1. The molecule has 1 aromatic carbocycles. The largest absolute Gasteiger partial charge is 0.481 e. The van der Waals surface area contributed by atoms with Crippen molar-refractivity contribution in [3.63, 3.8) is 0 Å². The summed E-state index contributed by atoms with van der Waals surface area (Å²) >= 11 is 0. The number of aromatic nitrogens is 1. The fraction of sp³-hybridized carbons (Fsp3) is 0.435. The maximum Gasteiger partial charge on any atom is 0.326 e. The van der Waals surface area contributed by atoms with E-state index in [4.69, 9.17) is 16.6 Å². The number of carbonyl (C=O) groups is 5. The summed E-state index contributed by atoms with van der Waals surface area (Å²) in [7, 11) is 0. The van der Waals surface area contributed by atoms with Crippen molar-refractivity contribution in [2.24, 2.45) is 11.5 Å². The molecule has 1 heterocycles. The number of rotatable bonds is 15. The number of carboxylic acids is 2. The molecular formula is C23H32N6O7. The van der Waals surface area contributed by atoms with E-state index >= 15 is 0 Å². The fourth-order valence-corrected chi connectivity index (χ4v) is 3.58. The molecule has 10 N–H and O–H groups in total. The van der Waals surface area contributed by atoms with E-state index in [2.05, 4.69) is 20.9 Å². The third kappa shape index (κ3) is 8.67. The molecular weight excluding hydrogens is 472 g/mol. The number of para-hydroxylation sites is 1. The molecule has 2 rings (SSSR count).